The fraction of sp³-hybridized carbons (Fsp3) is 0.176. The monoisotopic (exact) mass is 412 g/mol. The van der Waals surface area contributed by atoms with Crippen LogP contribution in [0.2, 0.25) is 0 Å². The molecule has 0 saturated heterocycles. The molecule has 25 heavy (non-hydrogen) atoms. The molecule has 3 aromatic rings. The molecule has 0 bridgehead atoms. The zero-order chi connectivity index (χ0) is 18.2. The van der Waals surface area contributed by atoms with Crippen molar-refractivity contribution in [1.82, 2.24) is 9.55 Å². The third-order valence-electron chi connectivity index (χ3n) is 3.71. The molecule has 0 amide bonds. The van der Waals surface area contributed by atoms with Gasteiger partial charge in [-0.05, 0) is 35.9 Å². The van der Waals surface area contributed by atoms with Crippen LogP contribution in [-0.4, -0.2) is 16.7 Å². The lowest BCUT2D eigenvalue weighted by Crippen LogP contribution is -2.28. The zero-order valence-corrected chi connectivity index (χ0v) is 14.6. The maximum Gasteiger partial charge on any atom is 0.434 e. The molecule has 8 heteroatoms. The molecule has 0 fully saturated rings. The minimum atomic E-state index is -4.71. The summed E-state index contributed by atoms with van der Waals surface area (Å²) in [4.78, 5) is 15.5. The number of hydrogen-bond acceptors (Lipinski definition) is 3. The predicted octanol–water partition coefficient (Wildman–Crippen LogP) is 4.23. The molecule has 0 aliphatic heterocycles. The molecule has 3 rings (SSSR count). The average molecular weight is 413 g/mol. The largest absolute Gasteiger partial charge is 0.497 e. The Kier molecular flexibility index (Phi) is 4.55. The van der Waals surface area contributed by atoms with E-state index in [9.17, 15) is 18.0 Å². The minimum absolute atomic E-state index is 0.103. The van der Waals surface area contributed by atoms with Crippen LogP contribution >= 0.6 is 15.9 Å². The van der Waals surface area contributed by atoms with Crippen molar-refractivity contribution in [2.75, 3.05) is 7.11 Å². The van der Waals surface area contributed by atoms with E-state index in [0.29, 0.717) is 10.2 Å². The Labute approximate surface area is 149 Å². The first kappa shape index (κ1) is 17.5. The van der Waals surface area contributed by atoms with Crippen LogP contribution in [0.25, 0.3) is 10.9 Å². The number of ether oxygens (including phenoxy) is 1. The van der Waals surface area contributed by atoms with Crippen molar-refractivity contribution >= 4 is 26.8 Å². The molecule has 0 spiro atoms. The smallest absolute Gasteiger partial charge is 0.434 e. The van der Waals surface area contributed by atoms with Gasteiger partial charge in [-0.25, -0.2) is 4.79 Å². The van der Waals surface area contributed by atoms with Crippen LogP contribution in [0.4, 0.5) is 13.2 Å². The van der Waals surface area contributed by atoms with E-state index in [4.69, 9.17) is 4.74 Å². The summed E-state index contributed by atoms with van der Waals surface area (Å²) in [6.45, 7) is 0.103. The molecule has 0 aliphatic rings. The summed E-state index contributed by atoms with van der Waals surface area (Å²) in [6, 6.07) is 11.3. The van der Waals surface area contributed by atoms with Gasteiger partial charge in [0, 0.05) is 9.86 Å². The van der Waals surface area contributed by atoms with Crippen molar-refractivity contribution in [3.8, 4) is 5.75 Å². The van der Waals surface area contributed by atoms with Gasteiger partial charge in [0.15, 0.2) is 5.69 Å². The quantitative estimate of drug-likeness (QED) is 0.646. The van der Waals surface area contributed by atoms with Gasteiger partial charge >= 0.3 is 11.9 Å². The molecular weight excluding hydrogens is 401 g/mol. The normalized spacial score (nSPS) is 11.7. The molecule has 0 unspecified atom stereocenters. The second-order valence-electron chi connectivity index (χ2n) is 5.34. The molecule has 0 atom stereocenters. The van der Waals surface area contributed by atoms with Gasteiger partial charge in [-0.1, -0.05) is 28.1 Å². The molecule has 0 N–H and O–H groups in total. The summed E-state index contributed by atoms with van der Waals surface area (Å²) in [7, 11) is 1.53. The lowest BCUT2D eigenvalue weighted by Gasteiger charge is -2.14. The van der Waals surface area contributed by atoms with Crippen LogP contribution in [0.5, 0.6) is 5.75 Å². The third kappa shape index (κ3) is 3.53. The first-order valence-electron chi connectivity index (χ1n) is 7.20. The van der Waals surface area contributed by atoms with E-state index in [2.05, 4.69) is 20.9 Å². The molecular formula is C17H12BrF3N2O2. The molecule has 4 nitrogen and oxygen atoms in total. The Bertz CT molecular complexity index is 982. The van der Waals surface area contributed by atoms with E-state index in [1.807, 2.05) is 0 Å². The standard InChI is InChI=1S/C17H12BrF3N2O2/c1-25-12-5-2-10(3-6-12)9-23-14-7-4-11(18)8-13(14)15(17(19,20)21)22-16(23)24/h2-8H,9H2,1H3. The van der Waals surface area contributed by atoms with Crippen molar-refractivity contribution in [3.05, 3.63) is 68.7 Å². The first-order valence-corrected chi connectivity index (χ1v) is 7.99. The topological polar surface area (TPSA) is 44.1 Å². The minimum Gasteiger partial charge on any atom is -0.497 e. The highest BCUT2D eigenvalue weighted by Gasteiger charge is 2.36. The van der Waals surface area contributed by atoms with Crippen molar-refractivity contribution in [2.24, 2.45) is 0 Å². The predicted molar refractivity (Wildman–Crippen MR) is 90.8 cm³/mol. The SMILES string of the molecule is COc1ccc(Cn2c(=O)nc(C(F)(F)F)c3cc(Br)ccc32)cc1. The number of nitrogens with zero attached hydrogens (tertiary/aromatic N) is 2. The van der Waals surface area contributed by atoms with Gasteiger partial charge in [-0.3, -0.25) is 4.57 Å². The summed E-state index contributed by atoms with van der Waals surface area (Å²) in [5.74, 6) is 0.649. The molecule has 130 valence electrons. The first-order chi connectivity index (χ1) is 11.8. The van der Waals surface area contributed by atoms with Gasteiger partial charge in [0.05, 0.1) is 19.2 Å². The zero-order valence-electron chi connectivity index (χ0n) is 13.0. The summed E-state index contributed by atoms with van der Waals surface area (Å²) in [5, 5.41) is -0.130. The van der Waals surface area contributed by atoms with E-state index in [1.165, 1.54) is 23.8 Å². The van der Waals surface area contributed by atoms with Crippen LogP contribution < -0.4 is 10.4 Å². The summed E-state index contributed by atoms with van der Waals surface area (Å²) in [5.41, 5.74) is -1.21. The highest BCUT2D eigenvalue weighted by Crippen LogP contribution is 2.33. The Morgan fingerprint density at radius 2 is 1.84 bits per heavy atom. The highest BCUT2D eigenvalue weighted by molar-refractivity contribution is 9.10. The lowest BCUT2D eigenvalue weighted by atomic mass is 10.1. The van der Waals surface area contributed by atoms with Gasteiger partial charge < -0.3 is 4.74 Å². The number of benzene rings is 2. The number of aromatic nitrogens is 2. The van der Waals surface area contributed by atoms with E-state index < -0.39 is 17.6 Å². The number of halogens is 4. The van der Waals surface area contributed by atoms with Gasteiger partial charge in [0.1, 0.15) is 5.75 Å². The van der Waals surface area contributed by atoms with Crippen LogP contribution in [0.15, 0.2) is 51.7 Å². The third-order valence-corrected chi connectivity index (χ3v) is 4.20. The van der Waals surface area contributed by atoms with Crippen LogP contribution in [0.1, 0.15) is 11.3 Å². The maximum absolute atomic E-state index is 13.2. The Morgan fingerprint density at radius 1 is 1.16 bits per heavy atom. The molecule has 0 radical (unpaired) electrons. The van der Waals surface area contributed by atoms with Crippen LogP contribution in [-0.2, 0) is 12.7 Å². The number of methoxy groups -OCH3 is 1. The van der Waals surface area contributed by atoms with Crippen LogP contribution in [0.3, 0.4) is 0 Å². The summed E-state index contributed by atoms with van der Waals surface area (Å²) in [6.07, 6.45) is -4.71. The fourth-order valence-corrected chi connectivity index (χ4v) is 2.90. The van der Waals surface area contributed by atoms with Crippen molar-refractivity contribution < 1.29 is 17.9 Å². The van der Waals surface area contributed by atoms with E-state index >= 15 is 0 Å². The average Bonchev–Trinajstić information content (AvgIpc) is 2.56. The van der Waals surface area contributed by atoms with Crippen molar-refractivity contribution in [1.29, 1.82) is 0 Å². The lowest BCUT2D eigenvalue weighted by molar-refractivity contribution is -0.140. The summed E-state index contributed by atoms with van der Waals surface area (Å²) >= 11 is 3.16. The van der Waals surface area contributed by atoms with Crippen molar-refractivity contribution in [2.45, 2.75) is 12.7 Å². The number of alkyl halides is 3. The van der Waals surface area contributed by atoms with Crippen LogP contribution in [0, 0.1) is 0 Å². The highest BCUT2D eigenvalue weighted by atomic mass is 79.9. The maximum atomic E-state index is 13.2. The second kappa shape index (κ2) is 6.51. The fourth-order valence-electron chi connectivity index (χ4n) is 2.53. The van der Waals surface area contributed by atoms with Crippen molar-refractivity contribution in [3.63, 3.8) is 0 Å². The molecule has 2 aromatic carbocycles. The second-order valence-corrected chi connectivity index (χ2v) is 6.25. The Hall–Kier alpha value is -2.35. The van der Waals surface area contributed by atoms with Gasteiger partial charge in [-0.15, -0.1) is 0 Å². The Balaban J connectivity index is 2.18. The molecule has 0 saturated carbocycles. The molecule has 0 aliphatic carbocycles. The number of rotatable bonds is 3. The molecule has 1 heterocycles. The van der Waals surface area contributed by atoms with Gasteiger partial charge in [0.25, 0.3) is 0 Å². The summed E-state index contributed by atoms with van der Waals surface area (Å²) < 4.78 is 46.5. The van der Waals surface area contributed by atoms with E-state index in [-0.39, 0.29) is 17.4 Å². The molecule has 1 aromatic heterocycles. The van der Waals surface area contributed by atoms with E-state index in [0.717, 1.165) is 5.56 Å². The number of hydrogen-bond donors (Lipinski definition) is 0. The van der Waals surface area contributed by atoms with Gasteiger partial charge in [-0.2, -0.15) is 18.2 Å². The van der Waals surface area contributed by atoms with Gasteiger partial charge in [0.2, 0.25) is 0 Å². The number of fused-ring (bicyclic) bond motifs is 1. The Morgan fingerprint density at radius 3 is 2.44 bits per heavy atom. The van der Waals surface area contributed by atoms with E-state index in [1.54, 1.807) is 30.3 Å².